The predicted octanol–water partition coefficient (Wildman–Crippen LogP) is 0.330. The van der Waals surface area contributed by atoms with Gasteiger partial charge in [-0.2, -0.15) is 5.26 Å². The summed E-state index contributed by atoms with van der Waals surface area (Å²) in [6.45, 7) is 4.02. The van der Waals surface area contributed by atoms with Crippen LogP contribution in [0.25, 0.3) is 0 Å². The number of hydrogen-bond donors (Lipinski definition) is 1. The largest absolute Gasteiger partial charge is 0.327 e. The zero-order chi connectivity index (χ0) is 16.9. The molecule has 3 saturated heterocycles. The minimum Gasteiger partial charge on any atom is -0.327 e. The molecule has 24 heavy (non-hydrogen) atoms. The highest BCUT2D eigenvalue weighted by Crippen LogP contribution is 2.48. The van der Waals surface area contributed by atoms with Crippen LogP contribution in [0.15, 0.2) is 0 Å². The Hall–Kier alpha value is -1.11. The summed E-state index contributed by atoms with van der Waals surface area (Å²) >= 11 is 1.62. The van der Waals surface area contributed by atoms with Gasteiger partial charge in [0.15, 0.2) is 6.19 Å². The second-order valence-electron chi connectivity index (χ2n) is 7.07. The lowest BCUT2D eigenvalue weighted by atomic mass is 9.81. The standard InChI is InChI=1S/C15H21F2N5OS/c16-15(17)5-10(6-15)13-19-7-12(24-13)22-4-3-21-2-1-20(9-18)8-11(21)14(22)23/h10-13,19H,1-8H2/t11-,12?,13?/m1/s1. The quantitative estimate of drug-likeness (QED) is 0.719. The van der Waals surface area contributed by atoms with E-state index in [0.717, 1.165) is 13.1 Å². The minimum absolute atomic E-state index is 0.00449. The first-order valence-electron chi connectivity index (χ1n) is 8.43. The van der Waals surface area contributed by atoms with Crippen LogP contribution >= 0.6 is 11.8 Å². The summed E-state index contributed by atoms with van der Waals surface area (Å²) in [5.41, 5.74) is 0. The number of carbonyl (C=O) groups excluding carboxylic acids is 1. The van der Waals surface area contributed by atoms with Crippen molar-refractivity contribution in [2.24, 2.45) is 5.92 Å². The number of halogens is 2. The highest BCUT2D eigenvalue weighted by molar-refractivity contribution is 8.00. The van der Waals surface area contributed by atoms with Crippen LogP contribution < -0.4 is 5.32 Å². The summed E-state index contributed by atoms with van der Waals surface area (Å²) < 4.78 is 26.1. The number of fused-ring (bicyclic) bond motifs is 1. The van der Waals surface area contributed by atoms with Gasteiger partial charge in [-0.25, -0.2) is 8.78 Å². The number of alkyl halides is 2. The van der Waals surface area contributed by atoms with Crippen LogP contribution in [0, 0.1) is 17.4 Å². The number of nitriles is 1. The van der Waals surface area contributed by atoms with Gasteiger partial charge in [-0.15, -0.1) is 11.8 Å². The fourth-order valence-electron chi connectivity index (χ4n) is 4.10. The number of thioether (sulfide) groups is 1. The maximum Gasteiger partial charge on any atom is 0.248 e. The molecule has 3 heterocycles. The maximum absolute atomic E-state index is 13.1. The predicted molar refractivity (Wildman–Crippen MR) is 85.1 cm³/mol. The van der Waals surface area contributed by atoms with Crippen molar-refractivity contribution in [3.8, 4) is 6.19 Å². The molecule has 0 aromatic heterocycles. The lowest BCUT2D eigenvalue weighted by Crippen LogP contribution is -2.65. The van der Waals surface area contributed by atoms with E-state index in [4.69, 9.17) is 5.26 Å². The first kappa shape index (κ1) is 16.4. The number of nitrogens with one attached hydrogen (secondary N) is 1. The topological polar surface area (TPSA) is 62.6 Å². The van der Waals surface area contributed by atoms with Crippen LogP contribution in [-0.4, -0.2) is 82.6 Å². The summed E-state index contributed by atoms with van der Waals surface area (Å²) in [6, 6.07) is -0.250. The van der Waals surface area contributed by atoms with Crippen molar-refractivity contribution in [1.82, 2.24) is 20.0 Å². The fraction of sp³-hybridized carbons (Fsp3) is 0.867. The Balaban J connectivity index is 1.37. The second-order valence-corrected chi connectivity index (χ2v) is 8.40. The number of nitrogens with zero attached hydrogens (tertiary/aromatic N) is 4. The molecule has 0 aromatic rings. The number of carbonyl (C=O) groups is 1. The van der Waals surface area contributed by atoms with Gasteiger partial charge in [0.2, 0.25) is 11.8 Å². The van der Waals surface area contributed by atoms with Crippen molar-refractivity contribution in [2.45, 2.75) is 35.6 Å². The summed E-state index contributed by atoms with van der Waals surface area (Å²) in [5.74, 6) is -2.44. The number of piperazine rings is 2. The fourth-order valence-corrected chi connectivity index (χ4v) is 5.60. The van der Waals surface area contributed by atoms with E-state index < -0.39 is 5.92 Å². The molecule has 3 aliphatic heterocycles. The van der Waals surface area contributed by atoms with E-state index in [0.29, 0.717) is 26.2 Å². The van der Waals surface area contributed by atoms with E-state index in [-0.39, 0.29) is 41.5 Å². The molecule has 0 radical (unpaired) electrons. The molecule has 3 atom stereocenters. The Morgan fingerprint density at radius 2 is 2.00 bits per heavy atom. The van der Waals surface area contributed by atoms with Crippen LogP contribution in [0.4, 0.5) is 8.78 Å². The Kier molecular flexibility index (Phi) is 4.09. The molecule has 9 heteroatoms. The van der Waals surface area contributed by atoms with Crippen molar-refractivity contribution in [2.75, 3.05) is 39.3 Å². The molecular formula is C15H21F2N5OS. The van der Waals surface area contributed by atoms with Gasteiger partial charge in [0.05, 0.1) is 17.3 Å². The molecule has 0 aromatic carbocycles. The number of amides is 1. The van der Waals surface area contributed by atoms with E-state index in [1.807, 2.05) is 4.90 Å². The van der Waals surface area contributed by atoms with Gasteiger partial charge in [-0.3, -0.25) is 9.69 Å². The summed E-state index contributed by atoms with van der Waals surface area (Å²) in [5, 5.41) is 12.4. The monoisotopic (exact) mass is 357 g/mol. The van der Waals surface area contributed by atoms with E-state index in [2.05, 4.69) is 16.4 Å². The minimum atomic E-state index is -2.50. The van der Waals surface area contributed by atoms with E-state index in [1.54, 1.807) is 16.7 Å². The van der Waals surface area contributed by atoms with Gasteiger partial charge in [0, 0.05) is 45.6 Å². The van der Waals surface area contributed by atoms with Crippen LogP contribution in [0.3, 0.4) is 0 Å². The first-order valence-corrected chi connectivity index (χ1v) is 9.37. The molecule has 1 saturated carbocycles. The lowest BCUT2D eigenvalue weighted by Gasteiger charge is -2.46. The number of rotatable bonds is 2. The maximum atomic E-state index is 13.1. The Morgan fingerprint density at radius 3 is 2.71 bits per heavy atom. The Labute approximate surface area is 144 Å². The van der Waals surface area contributed by atoms with Crippen molar-refractivity contribution >= 4 is 17.7 Å². The molecular weight excluding hydrogens is 336 g/mol. The average molecular weight is 357 g/mol. The molecule has 4 rings (SSSR count). The van der Waals surface area contributed by atoms with E-state index >= 15 is 0 Å². The van der Waals surface area contributed by atoms with Crippen molar-refractivity contribution < 1.29 is 13.6 Å². The second kappa shape index (κ2) is 6.00. The number of hydrogen-bond acceptors (Lipinski definition) is 6. The van der Waals surface area contributed by atoms with Gasteiger partial charge in [-0.05, 0) is 5.92 Å². The van der Waals surface area contributed by atoms with Gasteiger partial charge in [0.25, 0.3) is 0 Å². The summed E-state index contributed by atoms with van der Waals surface area (Å²) in [7, 11) is 0. The van der Waals surface area contributed by atoms with Crippen LogP contribution in [-0.2, 0) is 4.79 Å². The van der Waals surface area contributed by atoms with Crippen LogP contribution in [0.1, 0.15) is 12.8 Å². The summed E-state index contributed by atoms with van der Waals surface area (Å²) in [4.78, 5) is 18.5. The average Bonchev–Trinajstić information content (AvgIpc) is 3.02. The Bertz CT molecular complexity index is 563. The molecule has 4 aliphatic rings. The zero-order valence-electron chi connectivity index (χ0n) is 13.3. The molecule has 1 aliphatic carbocycles. The molecule has 4 fully saturated rings. The van der Waals surface area contributed by atoms with Crippen LogP contribution in [0.5, 0.6) is 0 Å². The molecule has 1 amide bonds. The Morgan fingerprint density at radius 1 is 1.25 bits per heavy atom. The summed E-state index contributed by atoms with van der Waals surface area (Å²) in [6.07, 6.45) is 2.03. The van der Waals surface area contributed by atoms with Crippen molar-refractivity contribution in [3.05, 3.63) is 0 Å². The van der Waals surface area contributed by atoms with Crippen molar-refractivity contribution in [3.63, 3.8) is 0 Å². The molecule has 132 valence electrons. The molecule has 6 nitrogen and oxygen atoms in total. The zero-order valence-corrected chi connectivity index (χ0v) is 14.1. The third-order valence-corrected chi connectivity index (χ3v) is 7.10. The highest BCUT2D eigenvalue weighted by Gasteiger charge is 2.51. The third kappa shape index (κ3) is 2.85. The molecule has 0 bridgehead atoms. The van der Waals surface area contributed by atoms with E-state index in [9.17, 15) is 13.6 Å². The van der Waals surface area contributed by atoms with Gasteiger partial charge >= 0.3 is 0 Å². The molecule has 0 spiro atoms. The van der Waals surface area contributed by atoms with E-state index in [1.165, 1.54) is 0 Å². The lowest BCUT2D eigenvalue weighted by molar-refractivity contribution is -0.144. The molecule has 2 unspecified atom stereocenters. The normalized spacial score (nSPS) is 37.0. The third-order valence-electron chi connectivity index (χ3n) is 5.52. The highest BCUT2D eigenvalue weighted by atomic mass is 32.2. The smallest absolute Gasteiger partial charge is 0.248 e. The van der Waals surface area contributed by atoms with Gasteiger partial charge in [-0.1, -0.05) is 0 Å². The van der Waals surface area contributed by atoms with Crippen molar-refractivity contribution in [1.29, 1.82) is 5.26 Å². The van der Waals surface area contributed by atoms with Gasteiger partial charge < -0.3 is 15.1 Å². The molecule has 1 N–H and O–H groups in total. The van der Waals surface area contributed by atoms with Gasteiger partial charge in [0.1, 0.15) is 6.04 Å². The SMILES string of the molecule is N#CN1CCN2CCN(C3CNC(C4CC(F)(F)C4)S3)C(=O)[C@H]2C1. The van der Waals surface area contributed by atoms with Crippen LogP contribution in [0.2, 0.25) is 0 Å². The first-order chi connectivity index (χ1) is 11.5.